The molecule has 0 radical (unpaired) electrons. The zero-order valence-electron chi connectivity index (χ0n) is 10.9. The summed E-state index contributed by atoms with van der Waals surface area (Å²) in [5.41, 5.74) is 5.41. The van der Waals surface area contributed by atoms with Crippen molar-refractivity contribution >= 4 is 27.2 Å². The average molecular weight is 281 g/mol. The van der Waals surface area contributed by atoms with Crippen molar-refractivity contribution in [3.05, 3.63) is 0 Å². The summed E-state index contributed by atoms with van der Waals surface area (Å²) in [7, 11) is -1.49. The third kappa shape index (κ3) is 5.76. The van der Waals surface area contributed by atoms with Gasteiger partial charge in [-0.1, -0.05) is 19.1 Å². The SMILES string of the molecule is CCC(C(N)=S)S(=O)(=O)NCCN(C)C(C)C. The molecule has 0 aliphatic rings. The molecule has 5 nitrogen and oxygen atoms in total. The van der Waals surface area contributed by atoms with E-state index in [9.17, 15) is 8.42 Å². The Labute approximate surface area is 110 Å². The van der Waals surface area contributed by atoms with Crippen LogP contribution in [0.25, 0.3) is 0 Å². The summed E-state index contributed by atoms with van der Waals surface area (Å²) in [5.74, 6) is 0. The van der Waals surface area contributed by atoms with Gasteiger partial charge in [0.05, 0.1) is 4.99 Å². The van der Waals surface area contributed by atoms with Gasteiger partial charge in [0, 0.05) is 19.1 Å². The molecule has 0 aromatic rings. The van der Waals surface area contributed by atoms with Crippen LogP contribution in [-0.4, -0.2) is 49.7 Å². The van der Waals surface area contributed by atoms with E-state index in [1.165, 1.54) is 0 Å². The van der Waals surface area contributed by atoms with Gasteiger partial charge >= 0.3 is 0 Å². The van der Waals surface area contributed by atoms with E-state index in [2.05, 4.69) is 23.5 Å². The largest absolute Gasteiger partial charge is 0.392 e. The minimum absolute atomic E-state index is 0.0252. The smallest absolute Gasteiger partial charge is 0.221 e. The molecule has 0 saturated heterocycles. The van der Waals surface area contributed by atoms with E-state index >= 15 is 0 Å². The van der Waals surface area contributed by atoms with E-state index in [0.717, 1.165) is 0 Å². The molecule has 7 heteroatoms. The summed E-state index contributed by atoms with van der Waals surface area (Å²) in [6.07, 6.45) is 0.394. The fourth-order valence-corrected chi connectivity index (χ4v) is 3.16. The predicted molar refractivity (Wildman–Crippen MR) is 75.6 cm³/mol. The molecule has 0 aromatic carbocycles. The Bertz CT molecular complexity index is 341. The Kier molecular flexibility index (Phi) is 7.15. The van der Waals surface area contributed by atoms with Crippen molar-refractivity contribution in [2.75, 3.05) is 20.1 Å². The van der Waals surface area contributed by atoms with Crippen LogP contribution in [0, 0.1) is 0 Å². The second-order valence-electron chi connectivity index (χ2n) is 4.31. The number of sulfonamides is 1. The summed E-state index contributed by atoms with van der Waals surface area (Å²) in [5, 5.41) is -0.776. The zero-order chi connectivity index (χ0) is 13.6. The minimum Gasteiger partial charge on any atom is -0.392 e. The molecular formula is C10H23N3O2S2. The van der Waals surface area contributed by atoms with Crippen LogP contribution in [0.4, 0.5) is 0 Å². The van der Waals surface area contributed by atoms with Crippen LogP contribution >= 0.6 is 12.2 Å². The number of rotatable bonds is 8. The summed E-state index contributed by atoms with van der Waals surface area (Å²) in [4.78, 5) is 2.08. The molecule has 1 atom stereocenters. The van der Waals surface area contributed by atoms with Crippen LogP contribution in [0.3, 0.4) is 0 Å². The zero-order valence-corrected chi connectivity index (χ0v) is 12.6. The highest BCUT2D eigenvalue weighted by Gasteiger charge is 2.25. The Morgan fingerprint density at radius 3 is 2.35 bits per heavy atom. The highest BCUT2D eigenvalue weighted by atomic mass is 32.2. The molecule has 0 saturated carbocycles. The van der Waals surface area contributed by atoms with Crippen LogP contribution in [0.1, 0.15) is 27.2 Å². The van der Waals surface area contributed by atoms with E-state index < -0.39 is 15.3 Å². The number of nitrogens with one attached hydrogen (secondary N) is 1. The number of hydrogen-bond donors (Lipinski definition) is 2. The summed E-state index contributed by atoms with van der Waals surface area (Å²) >= 11 is 4.76. The standard InChI is InChI=1S/C10H23N3O2S2/c1-5-9(10(11)16)17(14,15)12-6-7-13(4)8(2)3/h8-9,12H,5-7H2,1-4H3,(H2,11,16). The molecule has 0 heterocycles. The highest BCUT2D eigenvalue weighted by molar-refractivity contribution is 7.93. The maximum absolute atomic E-state index is 11.9. The minimum atomic E-state index is -3.44. The quantitative estimate of drug-likeness (QED) is 0.626. The van der Waals surface area contributed by atoms with Crippen molar-refractivity contribution in [1.82, 2.24) is 9.62 Å². The van der Waals surface area contributed by atoms with Crippen LogP contribution in [0.15, 0.2) is 0 Å². The molecule has 0 spiro atoms. The number of hydrogen-bond acceptors (Lipinski definition) is 4. The van der Waals surface area contributed by atoms with Gasteiger partial charge in [0.2, 0.25) is 10.0 Å². The number of nitrogens with zero attached hydrogens (tertiary/aromatic N) is 1. The average Bonchev–Trinajstić information content (AvgIpc) is 2.16. The van der Waals surface area contributed by atoms with Gasteiger partial charge < -0.3 is 10.6 Å². The third-order valence-corrected chi connectivity index (χ3v) is 5.09. The summed E-state index contributed by atoms with van der Waals surface area (Å²) in [6.45, 7) is 6.89. The fourth-order valence-electron chi connectivity index (χ4n) is 1.30. The van der Waals surface area contributed by atoms with Gasteiger partial charge in [-0.2, -0.15) is 0 Å². The first-order valence-corrected chi connectivity index (χ1v) is 7.65. The molecule has 0 aliphatic heterocycles. The van der Waals surface area contributed by atoms with Crippen LogP contribution in [-0.2, 0) is 10.0 Å². The monoisotopic (exact) mass is 281 g/mol. The molecule has 0 bridgehead atoms. The normalized spacial score (nSPS) is 14.2. The van der Waals surface area contributed by atoms with Gasteiger partial charge in [0.1, 0.15) is 5.25 Å². The first-order valence-electron chi connectivity index (χ1n) is 5.70. The molecule has 0 aliphatic carbocycles. The lowest BCUT2D eigenvalue weighted by Gasteiger charge is -2.22. The maximum atomic E-state index is 11.9. The van der Waals surface area contributed by atoms with E-state index in [1.807, 2.05) is 7.05 Å². The van der Waals surface area contributed by atoms with Gasteiger partial charge in [-0.25, -0.2) is 13.1 Å². The topological polar surface area (TPSA) is 75.4 Å². The van der Waals surface area contributed by atoms with Gasteiger partial charge in [-0.3, -0.25) is 0 Å². The third-order valence-electron chi connectivity index (χ3n) is 2.71. The van der Waals surface area contributed by atoms with Crippen molar-refractivity contribution in [1.29, 1.82) is 0 Å². The Morgan fingerprint density at radius 1 is 1.47 bits per heavy atom. The highest BCUT2D eigenvalue weighted by Crippen LogP contribution is 2.04. The lowest BCUT2D eigenvalue weighted by atomic mass is 10.3. The molecule has 0 fully saturated rings. The van der Waals surface area contributed by atoms with Gasteiger partial charge in [-0.05, 0) is 27.3 Å². The van der Waals surface area contributed by atoms with Crippen LogP contribution in [0.5, 0.6) is 0 Å². The first kappa shape index (κ1) is 16.8. The Balaban J connectivity index is 4.32. The van der Waals surface area contributed by atoms with E-state index in [4.69, 9.17) is 18.0 Å². The number of likely N-dealkylation sites (N-methyl/N-ethyl adjacent to an activating group) is 1. The first-order chi connectivity index (χ1) is 7.72. The summed E-state index contributed by atoms with van der Waals surface area (Å²) in [6, 6.07) is 0.386. The Hall–Kier alpha value is -0.240. The predicted octanol–water partition coefficient (Wildman–Crippen LogP) is 0.311. The molecule has 0 amide bonds. The molecule has 1 unspecified atom stereocenters. The van der Waals surface area contributed by atoms with Crippen molar-refractivity contribution in [3.63, 3.8) is 0 Å². The number of nitrogens with two attached hydrogens (primary N) is 1. The Morgan fingerprint density at radius 2 is 2.00 bits per heavy atom. The van der Waals surface area contributed by atoms with Crippen molar-refractivity contribution in [2.24, 2.45) is 5.73 Å². The molecule has 0 rings (SSSR count). The van der Waals surface area contributed by atoms with E-state index in [0.29, 0.717) is 25.6 Å². The van der Waals surface area contributed by atoms with Crippen molar-refractivity contribution in [3.8, 4) is 0 Å². The van der Waals surface area contributed by atoms with Crippen LogP contribution in [0.2, 0.25) is 0 Å². The fraction of sp³-hybridized carbons (Fsp3) is 0.900. The van der Waals surface area contributed by atoms with E-state index in [-0.39, 0.29) is 4.99 Å². The molecule has 17 heavy (non-hydrogen) atoms. The van der Waals surface area contributed by atoms with E-state index in [1.54, 1.807) is 6.92 Å². The number of thiocarbonyl (C=S) groups is 1. The second-order valence-corrected chi connectivity index (χ2v) is 6.73. The van der Waals surface area contributed by atoms with Gasteiger partial charge in [-0.15, -0.1) is 0 Å². The maximum Gasteiger partial charge on any atom is 0.221 e. The van der Waals surface area contributed by atoms with Gasteiger partial charge in [0.15, 0.2) is 0 Å². The molecule has 3 N–H and O–H groups in total. The molecular weight excluding hydrogens is 258 g/mol. The summed E-state index contributed by atoms with van der Waals surface area (Å²) < 4.78 is 26.3. The van der Waals surface area contributed by atoms with Crippen LogP contribution < -0.4 is 10.5 Å². The van der Waals surface area contributed by atoms with Crippen molar-refractivity contribution in [2.45, 2.75) is 38.5 Å². The second kappa shape index (κ2) is 7.25. The van der Waals surface area contributed by atoms with Gasteiger partial charge in [0.25, 0.3) is 0 Å². The molecule has 0 aromatic heterocycles. The lowest BCUT2D eigenvalue weighted by Crippen LogP contribution is -2.44. The lowest BCUT2D eigenvalue weighted by molar-refractivity contribution is 0.278. The van der Waals surface area contributed by atoms with Crippen molar-refractivity contribution < 1.29 is 8.42 Å². The molecule has 102 valence electrons.